The molecule has 4 atom stereocenters. The van der Waals surface area contributed by atoms with Crippen molar-refractivity contribution in [3.63, 3.8) is 0 Å². The van der Waals surface area contributed by atoms with Gasteiger partial charge in [-0.05, 0) is 184 Å². The van der Waals surface area contributed by atoms with Crippen LogP contribution < -0.4 is 0 Å². The minimum atomic E-state index is -5.26. The Hall–Kier alpha value is -9.27. The topological polar surface area (TPSA) is 150 Å². The van der Waals surface area contributed by atoms with Crippen molar-refractivity contribution in [1.29, 1.82) is 0 Å². The molecule has 0 saturated heterocycles. The number of nitrogens with zero attached hydrogens (tertiary/aromatic N) is 4. The summed E-state index contributed by atoms with van der Waals surface area (Å²) in [4.78, 5) is 118. The molecule has 562 valence electrons. The van der Waals surface area contributed by atoms with Gasteiger partial charge in [0.1, 0.15) is 0 Å². The van der Waals surface area contributed by atoms with Gasteiger partial charge in [-0.2, -0.15) is 39.5 Å². The van der Waals surface area contributed by atoms with Gasteiger partial charge in [0.2, 0.25) is 0 Å². The first kappa shape index (κ1) is 75.9. The van der Waals surface area contributed by atoms with Crippen LogP contribution in [0.5, 0.6) is 0 Å². The molecule has 0 aromatic heterocycles. The fraction of sp³-hybridized carbons (Fsp3) is 0.442. The van der Waals surface area contributed by atoms with E-state index in [2.05, 4.69) is 13.8 Å². The summed E-state index contributed by atoms with van der Waals surface area (Å²) >= 11 is 0. The Morgan fingerprint density at radius 2 is 0.505 bits per heavy atom. The Morgan fingerprint density at radius 1 is 0.271 bits per heavy atom. The Labute approximate surface area is 613 Å². The highest BCUT2D eigenvalue weighted by Crippen LogP contribution is 2.56. The van der Waals surface area contributed by atoms with Gasteiger partial charge in [0.15, 0.2) is 0 Å². The van der Waals surface area contributed by atoms with E-state index in [0.29, 0.717) is 76.1 Å². The second kappa shape index (κ2) is 28.4. The van der Waals surface area contributed by atoms with Gasteiger partial charge in [-0.1, -0.05) is 145 Å². The minimum absolute atomic E-state index is 0.0132. The molecule has 4 unspecified atom stereocenters. The predicted molar refractivity (Wildman–Crippen MR) is 399 cm³/mol. The molecule has 4 heterocycles. The largest absolute Gasteiger partial charge is 0.417 e. The van der Waals surface area contributed by atoms with Gasteiger partial charge < -0.3 is 0 Å². The number of unbranched alkanes of at least 4 members (excludes halogenated alkanes) is 4. The normalized spacial score (nSPS) is 16.1. The molecular weight excluding hydrogens is 1390 g/mol. The van der Waals surface area contributed by atoms with Crippen molar-refractivity contribution in [2.24, 2.45) is 23.7 Å². The SMILES string of the molecule is CCCCC(CC)CN1C(=O)c2cc(C)c3c4c(C)cc5c6c(cc(C(F)(F)F)c(c7c(C(F)(F)F)cc(c2c37)C1=O)c64)C(=O)N(CC(CC)CCCC)C5=O.CCCCC(CC)CN1C(=O)c2ccc3c4c(C)cc5c6c(cc(C(F)(F)F)c(c7ccc(c2c37)C1=O)c64)C(=O)N(CC(CC)CCCC)C5=O. The number of carbonyl (C=O) groups excluding carboxylic acids is 8. The average molecular weight is 1480 g/mol. The van der Waals surface area contributed by atoms with Crippen LogP contribution in [0.2, 0.25) is 0 Å². The molecule has 0 spiro atoms. The molecule has 14 rings (SSSR count). The van der Waals surface area contributed by atoms with Crippen LogP contribution in [0.1, 0.15) is 274 Å². The third kappa shape index (κ3) is 12.2. The first-order chi connectivity index (χ1) is 50.8. The van der Waals surface area contributed by atoms with Crippen molar-refractivity contribution in [3.05, 3.63) is 139 Å². The smallest absolute Gasteiger partial charge is 0.274 e. The summed E-state index contributed by atoms with van der Waals surface area (Å²) in [6.07, 6.45) is -2.25. The molecule has 0 fully saturated rings. The summed E-state index contributed by atoms with van der Waals surface area (Å²) in [6, 6.07) is 13.3. The van der Waals surface area contributed by atoms with Crippen LogP contribution in [0.25, 0.3) is 86.2 Å². The van der Waals surface area contributed by atoms with Crippen LogP contribution in [0, 0.1) is 44.4 Å². The lowest BCUT2D eigenvalue weighted by Crippen LogP contribution is -2.43. The van der Waals surface area contributed by atoms with Crippen LogP contribution in [-0.4, -0.2) is 93.0 Å². The zero-order chi connectivity index (χ0) is 77.3. The highest BCUT2D eigenvalue weighted by Gasteiger charge is 2.48. The van der Waals surface area contributed by atoms with Crippen molar-refractivity contribution in [3.8, 4) is 0 Å². The number of alkyl halides is 9. The molecule has 8 amide bonds. The molecule has 10 aromatic carbocycles. The molecule has 12 nitrogen and oxygen atoms in total. The molecule has 0 aliphatic carbocycles. The third-order valence-electron chi connectivity index (χ3n) is 23.7. The van der Waals surface area contributed by atoms with Crippen molar-refractivity contribution < 1.29 is 77.9 Å². The molecule has 4 aliphatic rings. The van der Waals surface area contributed by atoms with E-state index in [1.807, 2.05) is 41.5 Å². The number of rotatable bonds is 24. The molecule has 21 heteroatoms. The van der Waals surface area contributed by atoms with E-state index >= 15 is 39.5 Å². The molecule has 0 N–H and O–H groups in total. The standard InChI is InChI=1S/C44H44F6N2O4.C42H43F3N2O4/c1-7-11-13-23(9-3)19-51-39(53)25-15-21(5)31-32-22(6)16-26-34-28(42(56)52(40(26)54)20-24(10-4)14-12-8-2)18-30(44(48,49)50)36(38(32)34)35-29(43(45,46)47)17-27(41(51)55)33(25)37(31)35;1-6-10-12-23(8-3)20-46-38(48)27-16-14-25-32-22(5)18-29-35-30(41(51)47(40(29)50)21-24(9-4)13-11-7-2)19-31(42(43,44)45)36(37(32)35)26-15-17-28(39(46)49)34(27)33(25)26/h15-18,23-24H,7-14,19-20H2,1-6H3;14-19,23-24H,6-13,20-21H2,1-5H3. The lowest BCUT2D eigenvalue weighted by molar-refractivity contribution is -0.138. The summed E-state index contributed by atoms with van der Waals surface area (Å²) in [5, 5.41) is 0.128. The fourth-order valence-electron chi connectivity index (χ4n) is 18.0. The quantitative estimate of drug-likeness (QED) is 0.0251. The van der Waals surface area contributed by atoms with Crippen molar-refractivity contribution >= 4 is 133 Å². The van der Waals surface area contributed by atoms with E-state index in [9.17, 15) is 38.4 Å². The van der Waals surface area contributed by atoms with Crippen LogP contribution >= 0.6 is 0 Å². The summed E-state index contributed by atoms with van der Waals surface area (Å²) in [6.45, 7) is 21.3. The van der Waals surface area contributed by atoms with Gasteiger partial charge in [-0.15, -0.1) is 0 Å². The summed E-state index contributed by atoms with van der Waals surface area (Å²) in [5.41, 5.74) is -3.03. The van der Waals surface area contributed by atoms with E-state index in [1.165, 1.54) is 23.1 Å². The maximum absolute atomic E-state index is 15.5. The zero-order valence-electron chi connectivity index (χ0n) is 62.2. The van der Waals surface area contributed by atoms with Gasteiger partial charge in [0.05, 0.1) is 16.7 Å². The molecule has 107 heavy (non-hydrogen) atoms. The number of hydrogen-bond acceptors (Lipinski definition) is 8. The van der Waals surface area contributed by atoms with Gasteiger partial charge >= 0.3 is 18.5 Å². The highest BCUT2D eigenvalue weighted by atomic mass is 19.4. The Balaban J connectivity index is 0.000000190. The van der Waals surface area contributed by atoms with E-state index in [1.54, 1.807) is 45.0 Å². The van der Waals surface area contributed by atoms with E-state index < -0.39 is 104 Å². The third-order valence-corrected chi connectivity index (χ3v) is 23.7. The number of imide groups is 4. The number of carbonyl (C=O) groups is 8. The van der Waals surface area contributed by atoms with Crippen LogP contribution in [0.4, 0.5) is 39.5 Å². The second-order valence-electron chi connectivity index (χ2n) is 30.3. The van der Waals surface area contributed by atoms with E-state index in [-0.39, 0.29) is 137 Å². The maximum Gasteiger partial charge on any atom is 0.417 e. The minimum Gasteiger partial charge on any atom is -0.274 e. The van der Waals surface area contributed by atoms with Gasteiger partial charge in [-0.25, -0.2) is 0 Å². The van der Waals surface area contributed by atoms with Crippen LogP contribution in [0.15, 0.2) is 60.7 Å². The Morgan fingerprint density at radius 3 is 0.776 bits per heavy atom. The van der Waals surface area contributed by atoms with Crippen LogP contribution in [0.3, 0.4) is 0 Å². The Bertz CT molecular complexity index is 5230. The van der Waals surface area contributed by atoms with Crippen molar-refractivity contribution in [2.75, 3.05) is 26.2 Å². The number of benzene rings is 10. The number of amides is 8. The van der Waals surface area contributed by atoms with E-state index in [0.717, 1.165) is 97.8 Å². The van der Waals surface area contributed by atoms with Crippen molar-refractivity contribution in [2.45, 2.75) is 197 Å². The molecule has 10 aromatic rings. The summed E-state index contributed by atoms with van der Waals surface area (Å²) < 4.78 is 139. The summed E-state index contributed by atoms with van der Waals surface area (Å²) in [7, 11) is 0. The number of halogens is 9. The number of hydrogen-bond donors (Lipinski definition) is 0. The molecule has 0 bridgehead atoms. The Kier molecular flexibility index (Phi) is 20.1. The first-order valence-electron chi connectivity index (χ1n) is 38.0. The second-order valence-corrected chi connectivity index (χ2v) is 30.3. The highest BCUT2D eigenvalue weighted by molar-refractivity contribution is 6.45. The van der Waals surface area contributed by atoms with Gasteiger partial charge in [0, 0.05) is 108 Å². The van der Waals surface area contributed by atoms with E-state index in [4.69, 9.17) is 0 Å². The lowest BCUT2D eigenvalue weighted by atomic mass is 9.76. The van der Waals surface area contributed by atoms with Crippen LogP contribution in [-0.2, 0) is 18.5 Å². The molecule has 4 aliphatic heterocycles. The molecule has 0 saturated carbocycles. The average Bonchev–Trinajstić information content (AvgIpc) is 0.679. The lowest BCUT2D eigenvalue weighted by Gasteiger charge is -2.34. The zero-order valence-corrected chi connectivity index (χ0v) is 62.2. The predicted octanol–water partition coefficient (Wildman–Crippen LogP) is 22.7. The molecular formula is C86H87F9N4O8. The van der Waals surface area contributed by atoms with Crippen molar-refractivity contribution in [1.82, 2.24) is 19.6 Å². The fourth-order valence-corrected chi connectivity index (χ4v) is 18.0. The maximum atomic E-state index is 15.5. The first-order valence-corrected chi connectivity index (χ1v) is 38.0. The van der Waals surface area contributed by atoms with Gasteiger partial charge in [-0.3, -0.25) is 58.0 Å². The number of fused-ring (bicyclic) bond motifs is 4. The monoisotopic (exact) mass is 1470 g/mol. The number of aryl methyl sites for hydroxylation is 3. The molecule has 0 radical (unpaired) electrons. The van der Waals surface area contributed by atoms with Gasteiger partial charge in [0.25, 0.3) is 47.3 Å². The summed E-state index contributed by atoms with van der Waals surface area (Å²) in [5.74, 6) is -5.46.